The van der Waals surface area contributed by atoms with Gasteiger partial charge >= 0.3 is 5.69 Å². The Morgan fingerprint density at radius 2 is 2.10 bits per heavy atom. The number of hydrogen-bond donors (Lipinski definition) is 0. The van der Waals surface area contributed by atoms with Crippen LogP contribution < -0.4 is 5.69 Å². The van der Waals surface area contributed by atoms with Crippen LogP contribution >= 0.6 is 11.3 Å². The molecule has 158 valence electrons. The number of fused-ring (bicyclic) bond motifs is 5. The number of hydrogen-bond acceptors (Lipinski definition) is 7. The van der Waals surface area contributed by atoms with Crippen LogP contribution in [0.4, 0.5) is 0 Å². The quantitative estimate of drug-likeness (QED) is 0.483. The van der Waals surface area contributed by atoms with Crippen molar-refractivity contribution in [3.05, 3.63) is 45.5 Å². The highest BCUT2D eigenvalue weighted by Gasteiger charge is 2.27. The van der Waals surface area contributed by atoms with Crippen LogP contribution in [0.5, 0.6) is 0 Å². The summed E-state index contributed by atoms with van der Waals surface area (Å²) >= 11 is 1.61. The zero-order chi connectivity index (χ0) is 20.9. The summed E-state index contributed by atoms with van der Waals surface area (Å²) in [5.74, 6) is 0.383. The molecule has 5 heterocycles. The van der Waals surface area contributed by atoms with E-state index in [0.29, 0.717) is 37.8 Å². The van der Waals surface area contributed by atoms with Gasteiger partial charge in [-0.15, -0.1) is 16.4 Å². The Balaban J connectivity index is 1.55. The number of morpholine rings is 1. The molecule has 1 amide bonds. The van der Waals surface area contributed by atoms with Gasteiger partial charge in [0.25, 0.3) is 0 Å². The van der Waals surface area contributed by atoms with Gasteiger partial charge in [-0.1, -0.05) is 0 Å². The maximum absolute atomic E-state index is 13.5. The number of rotatable bonds is 3. The molecule has 10 heteroatoms. The minimum atomic E-state index is -0.341. The fourth-order valence-corrected chi connectivity index (χ4v) is 5.80. The van der Waals surface area contributed by atoms with Gasteiger partial charge in [-0.3, -0.25) is 14.3 Å². The molecule has 1 fully saturated rings. The Bertz CT molecular complexity index is 1370. The fourth-order valence-electron chi connectivity index (χ4n) is 4.42. The molecule has 4 aromatic heterocycles. The Labute approximate surface area is 180 Å². The second kappa shape index (κ2) is 7.24. The number of pyridine rings is 1. The second-order valence-electron chi connectivity index (χ2n) is 7.81. The number of aromatic nitrogens is 5. The maximum atomic E-state index is 13.5. The highest BCUT2D eigenvalue weighted by atomic mass is 32.1. The number of carbonyl (C=O) groups excluding carboxylic acids is 1. The van der Waals surface area contributed by atoms with Crippen LogP contribution in [0.15, 0.2) is 29.3 Å². The van der Waals surface area contributed by atoms with E-state index >= 15 is 0 Å². The molecule has 31 heavy (non-hydrogen) atoms. The number of nitrogens with zero attached hydrogens (tertiary/aromatic N) is 6. The number of thiophene rings is 1. The van der Waals surface area contributed by atoms with Crippen molar-refractivity contribution in [3.8, 4) is 11.4 Å². The Hall–Kier alpha value is -3.11. The van der Waals surface area contributed by atoms with E-state index in [1.165, 1.54) is 15.0 Å². The summed E-state index contributed by atoms with van der Waals surface area (Å²) < 4.78 is 8.27. The van der Waals surface area contributed by atoms with E-state index in [9.17, 15) is 9.59 Å². The Morgan fingerprint density at radius 3 is 2.90 bits per heavy atom. The SMILES string of the molecule is O=C(Cn1c(=O)n2nc(-c3cccnc3)nc2c2c3c(sc21)CCC3)N1CCOCC1. The van der Waals surface area contributed by atoms with Crippen molar-refractivity contribution >= 4 is 33.1 Å². The number of amides is 1. The molecule has 0 radical (unpaired) electrons. The van der Waals surface area contributed by atoms with E-state index in [1.54, 1.807) is 33.2 Å². The van der Waals surface area contributed by atoms with Gasteiger partial charge in [-0.05, 0) is 37.0 Å². The van der Waals surface area contributed by atoms with Crippen LogP contribution in [0.1, 0.15) is 16.9 Å². The summed E-state index contributed by atoms with van der Waals surface area (Å²) in [7, 11) is 0. The molecule has 9 nitrogen and oxygen atoms in total. The third-order valence-electron chi connectivity index (χ3n) is 5.97. The third kappa shape index (κ3) is 2.97. The van der Waals surface area contributed by atoms with Gasteiger partial charge in [0.05, 0.1) is 18.6 Å². The predicted octanol–water partition coefficient (Wildman–Crippen LogP) is 1.52. The number of aryl methyl sites for hydroxylation is 2. The molecular weight excluding hydrogens is 416 g/mol. The minimum Gasteiger partial charge on any atom is -0.378 e. The zero-order valence-electron chi connectivity index (χ0n) is 16.8. The second-order valence-corrected chi connectivity index (χ2v) is 8.90. The lowest BCUT2D eigenvalue weighted by molar-refractivity contribution is -0.135. The summed E-state index contributed by atoms with van der Waals surface area (Å²) in [5.41, 5.74) is 2.21. The summed E-state index contributed by atoms with van der Waals surface area (Å²) in [5, 5.41) is 5.46. The van der Waals surface area contributed by atoms with Gasteiger partial charge in [0.15, 0.2) is 11.5 Å². The largest absolute Gasteiger partial charge is 0.378 e. The van der Waals surface area contributed by atoms with Crippen LogP contribution in [0.3, 0.4) is 0 Å². The molecule has 1 saturated heterocycles. The van der Waals surface area contributed by atoms with Crippen LogP contribution in [0.25, 0.3) is 27.3 Å². The Kier molecular flexibility index (Phi) is 4.35. The molecule has 0 N–H and O–H groups in total. The van der Waals surface area contributed by atoms with Crippen molar-refractivity contribution in [3.63, 3.8) is 0 Å². The molecule has 0 spiro atoms. The molecule has 1 aliphatic heterocycles. The van der Waals surface area contributed by atoms with Crippen molar-refractivity contribution in [1.29, 1.82) is 0 Å². The van der Waals surface area contributed by atoms with Gasteiger partial charge in [0.1, 0.15) is 11.4 Å². The molecule has 2 aliphatic rings. The van der Waals surface area contributed by atoms with Crippen molar-refractivity contribution in [2.24, 2.45) is 0 Å². The summed E-state index contributed by atoms with van der Waals surface area (Å²) in [4.78, 5) is 39.1. The molecule has 0 bridgehead atoms. The van der Waals surface area contributed by atoms with Gasteiger partial charge in [0, 0.05) is 35.9 Å². The molecular formula is C21H20N6O3S. The van der Waals surface area contributed by atoms with Crippen LogP contribution in [0, 0.1) is 0 Å². The lowest BCUT2D eigenvalue weighted by atomic mass is 10.2. The first-order chi connectivity index (χ1) is 15.2. The molecule has 1 aliphatic carbocycles. The van der Waals surface area contributed by atoms with E-state index in [0.717, 1.165) is 35.0 Å². The van der Waals surface area contributed by atoms with Crippen LogP contribution in [0.2, 0.25) is 0 Å². The highest BCUT2D eigenvalue weighted by molar-refractivity contribution is 7.19. The van der Waals surface area contributed by atoms with E-state index in [1.807, 2.05) is 12.1 Å². The van der Waals surface area contributed by atoms with E-state index < -0.39 is 0 Å². The topological polar surface area (TPSA) is 94.6 Å². The molecule has 0 unspecified atom stereocenters. The predicted molar refractivity (Wildman–Crippen MR) is 115 cm³/mol. The minimum absolute atomic E-state index is 0.00719. The van der Waals surface area contributed by atoms with E-state index in [-0.39, 0.29) is 18.1 Å². The van der Waals surface area contributed by atoms with Gasteiger partial charge in [-0.25, -0.2) is 9.78 Å². The van der Waals surface area contributed by atoms with E-state index in [2.05, 4.69) is 10.1 Å². The monoisotopic (exact) mass is 436 g/mol. The van der Waals surface area contributed by atoms with E-state index in [4.69, 9.17) is 9.72 Å². The lowest BCUT2D eigenvalue weighted by Gasteiger charge is -2.27. The Morgan fingerprint density at radius 1 is 1.23 bits per heavy atom. The van der Waals surface area contributed by atoms with Gasteiger partial charge in [-0.2, -0.15) is 4.52 Å². The van der Waals surface area contributed by atoms with Crippen LogP contribution in [-0.4, -0.2) is 61.3 Å². The number of carbonyl (C=O) groups is 1. The van der Waals surface area contributed by atoms with Crippen molar-refractivity contribution in [1.82, 2.24) is 29.0 Å². The number of ether oxygens (including phenoxy) is 1. The first-order valence-corrected chi connectivity index (χ1v) is 11.2. The third-order valence-corrected chi connectivity index (χ3v) is 7.28. The molecule has 6 rings (SSSR count). The highest BCUT2D eigenvalue weighted by Crippen LogP contribution is 2.38. The average molecular weight is 436 g/mol. The normalized spacial score (nSPS) is 16.3. The zero-order valence-corrected chi connectivity index (χ0v) is 17.6. The van der Waals surface area contributed by atoms with Crippen molar-refractivity contribution in [2.75, 3.05) is 26.3 Å². The first-order valence-electron chi connectivity index (χ1n) is 10.4. The lowest BCUT2D eigenvalue weighted by Crippen LogP contribution is -2.44. The standard InChI is InChI=1S/C21H20N6O3S/c28-16(25-7-9-30-10-8-25)12-26-20-17(14-4-1-5-15(14)31-20)19-23-18(24-27(19)21(26)29)13-3-2-6-22-11-13/h2-3,6,11H,1,4-5,7-10,12H2. The van der Waals surface area contributed by atoms with Crippen LogP contribution in [-0.2, 0) is 28.9 Å². The van der Waals surface area contributed by atoms with Crippen molar-refractivity contribution in [2.45, 2.75) is 25.8 Å². The van der Waals surface area contributed by atoms with Gasteiger partial charge in [0.2, 0.25) is 5.91 Å². The molecule has 0 aromatic carbocycles. The molecule has 0 saturated carbocycles. The summed E-state index contributed by atoms with van der Waals surface area (Å²) in [6, 6.07) is 3.69. The smallest absolute Gasteiger partial charge is 0.352 e. The summed E-state index contributed by atoms with van der Waals surface area (Å²) in [6.45, 7) is 2.15. The molecule has 4 aromatic rings. The average Bonchev–Trinajstić information content (AvgIpc) is 3.52. The maximum Gasteiger partial charge on any atom is 0.352 e. The summed E-state index contributed by atoms with van der Waals surface area (Å²) in [6.07, 6.45) is 6.42. The molecule has 0 atom stereocenters. The first kappa shape index (κ1) is 18.6. The fraction of sp³-hybridized carbons (Fsp3) is 0.381. The van der Waals surface area contributed by atoms with Gasteiger partial charge < -0.3 is 9.64 Å². The van der Waals surface area contributed by atoms with Crippen molar-refractivity contribution < 1.29 is 9.53 Å².